The summed E-state index contributed by atoms with van der Waals surface area (Å²) in [6, 6.07) is 26.9. The first-order chi connectivity index (χ1) is 14.1. The van der Waals surface area contributed by atoms with Gasteiger partial charge in [0, 0.05) is 16.3 Å². The van der Waals surface area contributed by atoms with Gasteiger partial charge in [-0.3, -0.25) is 0 Å². The van der Waals surface area contributed by atoms with Crippen molar-refractivity contribution in [2.75, 3.05) is 11.9 Å². The molecule has 0 spiro atoms. The summed E-state index contributed by atoms with van der Waals surface area (Å²) >= 11 is 7.27. The minimum absolute atomic E-state index is 0.0937. The highest BCUT2D eigenvalue weighted by Crippen LogP contribution is 2.23. The zero-order valence-electron chi connectivity index (χ0n) is 16.7. The monoisotopic (exact) mass is 422 g/mol. The fourth-order valence-corrected chi connectivity index (χ4v) is 3.93. The Bertz CT molecular complexity index is 914. The molecule has 0 heterocycles. The topological polar surface area (TPSA) is 33.3 Å². The molecule has 0 aliphatic carbocycles. The van der Waals surface area contributed by atoms with Crippen LogP contribution in [0.3, 0.4) is 0 Å². The summed E-state index contributed by atoms with van der Waals surface area (Å²) in [5.41, 5.74) is 3.39. The Kier molecular flexibility index (Phi) is 7.96. The molecule has 1 unspecified atom stereocenters. The number of nitrogens with one attached hydrogen (secondary N) is 2. The largest absolute Gasteiger partial charge is 0.491 e. The Hall–Kier alpha value is -2.50. The van der Waals surface area contributed by atoms with Crippen LogP contribution in [-0.2, 0) is 5.75 Å². The number of thiocarbonyl (C=S) groups is 1. The van der Waals surface area contributed by atoms with Crippen molar-refractivity contribution in [3.05, 3.63) is 90.0 Å². The van der Waals surface area contributed by atoms with Crippen LogP contribution in [-0.4, -0.2) is 17.8 Å². The first-order valence-electron chi connectivity index (χ1n) is 9.63. The Labute approximate surface area is 182 Å². The maximum atomic E-state index is 5.88. The molecule has 150 valence electrons. The van der Waals surface area contributed by atoms with E-state index in [0.29, 0.717) is 11.7 Å². The molecule has 0 amide bonds. The highest BCUT2D eigenvalue weighted by atomic mass is 32.2. The summed E-state index contributed by atoms with van der Waals surface area (Å²) in [6.07, 6.45) is 0. The molecular weight excluding hydrogens is 396 g/mol. The second kappa shape index (κ2) is 10.9. The van der Waals surface area contributed by atoms with Gasteiger partial charge in [-0.1, -0.05) is 48.5 Å². The number of hydrogen-bond acceptors (Lipinski definition) is 3. The van der Waals surface area contributed by atoms with E-state index in [4.69, 9.17) is 17.0 Å². The second-order valence-electron chi connectivity index (χ2n) is 6.87. The fraction of sp³-hybridized carbons (Fsp3) is 0.208. The third-order valence-corrected chi connectivity index (χ3v) is 5.62. The van der Waals surface area contributed by atoms with Crippen LogP contribution in [0, 0.1) is 6.92 Å². The van der Waals surface area contributed by atoms with E-state index in [1.807, 2.05) is 49.0 Å². The molecule has 5 heteroatoms. The van der Waals surface area contributed by atoms with Gasteiger partial charge in [0.05, 0.1) is 6.04 Å². The van der Waals surface area contributed by atoms with Gasteiger partial charge in [0.25, 0.3) is 0 Å². The van der Waals surface area contributed by atoms with Gasteiger partial charge in [-0.05, 0) is 67.5 Å². The summed E-state index contributed by atoms with van der Waals surface area (Å²) in [7, 11) is 0. The maximum Gasteiger partial charge on any atom is 0.171 e. The highest BCUT2D eigenvalue weighted by molar-refractivity contribution is 7.98. The minimum Gasteiger partial charge on any atom is -0.491 e. The lowest BCUT2D eigenvalue weighted by Crippen LogP contribution is -2.39. The van der Waals surface area contributed by atoms with E-state index in [9.17, 15) is 0 Å². The molecule has 0 fully saturated rings. The molecule has 0 aliphatic heterocycles. The van der Waals surface area contributed by atoms with Crippen molar-refractivity contribution in [2.45, 2.75) is 30.5 Å². The maximum absolute atomic E-state index is 5.88. The zero-order chi connectivity index (χ0) is 20.5. The van der Waals surface area contributed by atoms with Gasteiger partial charge in [-0.2, -0.15) is 0 Å². The van der Waals surface area contributed by atoms with Crippen molar-refractivity contribution in [2.24, 2.45) is 0 Å². The van der Waals surface area contributed by atoms with E-state index in [1.165, 1.54) is 10.5 Å². The van der Waals surface area contributed by atoms with Crippen molar-refractivity contribution in [1.82, 2.24) is 5.32 Å². The van der Waals surface area contributed by atoms with Crippen molar-refractivity contribution in [1.29, 1.82) is 0 Å². The standard InChI is InChI=1S/C24H26N2OS2/c1-18-8-6-7-11-23(18)27-16-19(2)25-24(28)26-21-14-12-20(13-15-21)17-29-22-9-4-3-5-10-22/h3-15,19H,16-17H2,1-2H3,(H2,25,26,28). The number of hydrogen-bond donors (Lipinski definition) is 2. The average molecular weight is 423 g/mol. The van der Waals surface area contributed by atoms with Crippen LogP contribution in [0.25, 0.3) is 0 Å². The van der Waals surface area contributed by atoms with Crippen molar-refractivity contribution < 1.29 is 4.74 Å². The van der Waals surface area contributed by atoms with Crippen LogP contribution in [0.1, 0.15) is 18.1 Å². The number of para-hydroxylation sites is 1. The Morgan fingerprint density at radius 1 is 0.966 bits per heavy atom. The molecule has 0 saturated carbocycles. The van der Waals surface area contributed by atoms with Gasteiger partial charge in [-0.15, -0.1) is 11.8 Å². The Morgan fingerprint density at radius 2 is 1.66 bits per heavy atom. The predicted octanol–water partition coefficient (Wildman–Crippen LogP) is 6.04. The normalized spacial score (nSPS) is 11.5. The lowest BCUT2D eigenvalue weighted by Gasteiger charge is -2.18. The van der Waals surface area contributed by atoms with Gasteiger partial charge < -0.3 is 15.4 Å². The van der Waals surface area contributed by atoms with Crippen LogP contribution in [0.15, 0.2) is 83.8 Å². The van der Waals surface area contributed by atoms with Crippen LogP contribution in [0.5, 0.6) is 5.75 Å². The first kappa shape index (κ1) is 21.2. The van der Waals surface area contributed by atoms with Crippen LogP contribution >= 0.6 is 24.0 Å². The molecule has 0 bridgehead atoms. The summed E-state index contributed by atoms with van der Waals surface area (Å²) in [4.78, 5) is 1.28. The number of ether oxygens (including phenoxy) is 1. The van der Waals surface area contributed by atoms with Crippen molar-refractivity contribution in [3.8, 4) is 5.75 Å². The second-order valence-corrected chi connectivity index (χ2v) is 8.33. The van der Waals surface area contributed by atoms with E-state index in [1.54, 1.807) is 0 Å². The van der Waals surface area contributed by atoms with E-state index in [2.05, 4.69) is 66.1 Å². The summed E-state index contributed by atoms with van der Waals surface area (Å²) in [5, 5.41) is 7.11. The highest BCUT2D eigenvalue weighted by Gasteiger charge is 2.07. The average Bonchev–Trinajstić information content (AvgIpc) is 2.73. The Balaban J connectivity index is 1.42. The molecule has 0 saturated heterocycles. The Morgan fingerprint density at radius 3 is 2.38 bits per heavy atom. The molecule has 3 rings (SSSR count). The van der Waals surface area contributed by atoms with Crippen LogP contribution in [0.4, 0.5) is 5.69 Å². The van der Waals surface area contributed by atoms with Crippen molar-refractivity contribution in [3.63, 3.8) is 0 Å². The molecule has 29 heavy (non-hydrogen) atoms. The lowest BCUT2D eigenvalue weighted by molar-refractivity contribution is 0.285. The van der Waals surface area contributed by atoms with E-state index in [0.717, 1.165) is 22.8 Å². The van der Waals surface area contributed by atoms with Gasteiger partial charge in [0.1, 0.15) is 12.4 Å². The SMILES string of the molecule is Cc1ccccc1OCC(C)NC(=S)Nc1ccc(CSc2ccccc2)cc1. The van der Waals surface area contributed by atoms with Gasteiger partial charge in [-0.25, -0.2) is 0 Å². The summed E-state index contributed by atoms with van der Waals surface area (Å²) < 4.78 is 5.88. The van der Waals surface area contributed by atoms with Gasteiger partial charge >= 0.3 is 0 Å². The molecule has 3 aromatic rings. The third-order valence-electron chi connectivity index (χ3n) is 4.32. The predicted molar refractivity (Wildman–Crippen MR) is 128 cm³/mol. The molecule has 0 aromatic heterocycles. The first-order valence-corrected chi connectivity index (χ1v) is 11.0. The number of rotatable bonds is 8. The van der Waals surface area contributed by atoms with E-state index in [-0.39, 0.29) is 6.04 Å². The molecule has 1 atom stereocenters. The molecule has 0 radical (unpaired) electrons. The summed E-state index contributed by atoms with van der Waals surface area (Å²) in [6.45, 7) is 4.64. The number of aryl methyl sites for hydroxylation is 1. The van der Waals surface area contributed by atoms with Crippen LogP contribution in [0.2, 0.25) is 0 Å². The molecule has 3 nitrogen and oxygen atoms in total. The zero-order valence-corrected chi connectivity index (χ0v) is 18.4. The van der Waals surface area contributed by atoms with Gasteiger partial charge in [0.2, 0.25) is 0 Å². The number of benzene rings is 3. The smallest absolute Gasteiger partial charge is 0.171 e. The molecule has 2 N–H and O–H groups in total. The van der Waals surface area contributed by atoms with E-state index >= 15 is 0 Å². The number of thioether (sulfide) groups is 1. The third kappa shape index (κ3) is 7.11. The minimum atomic E-state index is 0.0937. The molecule has 0 aliphatic rings. The molecule has 3 aromatic carbocycles. The summed E-state index contributed by atoms with van der Waals surface area (Å²) in [5.74, 6) is 1.85. The fourth-order valence-electron chi connectivity index (χ4n) is 2.73. The van der Waals surface area contributed by atoms with Crippen LogP contribution < -0.4 is 15.4 Å². The lowest BCUT2D eigenvalue weighted by atomic mass is 10.2. The van der Waals surface area contributed by atoms with Crippen molar-refractivity contribution >= 4 is 34.8 Å². The van der Waals surface area contributed by atoms with E-state index < -0.39 is 0 Å². The quantitative estimate of drug-likeness (QED) is 0.342. The number of anilines is 1. The van der Waals surface area contributed by atoms with Gasteiger partial charge in [0.15, 0.2) is 5.11 Å². The molecular formula is C24H26N2OS2.